The minimum Gasteiger partial charge on any atom is -0.306 e. The molecule has 0 aliphatic heterocycles. The van der Waals surface area contributed by atoms with Crippen LogP contribution in [0, 0.1) is 0 Å². The zero-order valence-corrected chi connectivity index (χ0v) is 10.2. The molecule has 0 fully saturated rings. The van der Waals surface area contributed by atoms with Crippen LogP contribution in [0.2, 0.25) is 0 Å². The fourth-order valence-corrected chi connectivity index (χ4v) is 2.38. The lowest BCUT2D eigenvalue weighted by molar-refractivity contribution is -0.107. The monoisotopic (exact) mass is 234 g/mol. The molecule has 0 heterocycles. The van der Waals surface area contributed by atoms with Gasteiger partial charge in [-0.1, -0.05) is 6.08 Å². The molecule has 4 nitrogen and oxygen atoms in total. The summed E-state index contributed by atoms with van der Waals surface area (Å²) < 4.78 is 22.0. The Bertz CT molecular complexity index is 228. The Hall–Kier alpha value is -0.440. The summed E-state index contributed by atoms with van der Waals surface area (Å²) in [4.78, 5) is 10.0. The summed E-state index contributed by atoms with van der Waals surface area (Å²) in [5, 5.41) is 0. The van der Waals surface area contributed by atoms with Crippen LogP contribution in [0.1, 0.15) is 33.1 Å². The summed E-state index contributed by atoms with van der Waals surface area (Å²) in [5.74, 6) is 1.48. The molecule has 0 aromatic rings. The van der Waals surface area contributed by atoms with Gasteiger partial charge in [0.15, 0.2) is 0 Å². The van der Waals surface area contributed by atoms with Crippen LogP contribution in [-0.4, -0.2) is 19.5 Å². The molecule has 0 unspecified atom stereocenters. The van der Waals surface area contributed by atoms with Crippen molar-refractivity contribution in [1.82, 2.24) is 0 Å². The molecule has 0 spiro atoms. The van der Waals surface area contributed by atoms with Gasteiger partial charge in [0, 0.05) is 12.2 Å². The third kappa shape index (κ3) is 7.48. The van der Waals surface area contributed by atoms with Crippen molar-refractivity contribution >= 4 is 13.9 Å². The summed E-state index contributed by atoms with van der Waals surface area (Å²) in [6.45, 7) is 4.25. The lowest BCUT2D eigenvalue weighted by Gasteiger charge is -2.12. The van der Waals surface area contributed by atoms with E-state index in [9.17, 15) is 9.36 Å². The van der Waals surface area contributed by atoms with Crippen LogP contribution < -0.4 is 0 Å². The third-order valence-corrected chi connectivity index (χ3v) is 3.41. The Morgan fingerprint density at radius 2 is 1.73 bits per heavy atom. The van der Waals surface area contributed by atoms with Crippen LogP contribution in [0.4, 0.5) is 0 Å². The van der Waals surface area contributed by atoms with Gasteiger partial charge in [-0.15, -0.1) is 0 Å². The second-order valence-electron chi connectivity index (χ2n) is 2.86. The van der Waals surface area contributed by atoms with Crippen molar-refractivity contribution in [3.8, 4) is 0 Å². The molecule has 0 radical (unpaired) electrons. The van der Waals surface area contributed by atoms with E-state index in [2.05, 4.69) is 0 Å². The smallest absolute Gasteiger partial charge is 0.306 e. The second kappa shape index (κ2) is 8.84. The summed E-state index contributed by atoms with van der Waals surface area (Å²) >= 11 is 0. The Morgan fingerprint density at radius 1 is 1.13 bits per heavy atom. The van der Waals surface area contributed by atoms with Crippen molar-refractivity contribution in [2.24, 2.45) is 0 Å². The van der Waals surface area contributed by atoms with Crippen LogP contribution in [0.25, 0.3) is 0 Å². The topological polar surface area (TPSA) is 52.6 Å². The molecule has 0 aromatic carbocycles. The van der Waals surface area contributed by atoms with Crippen molar-refractivity contribution in [3.63, 3.8) is 0 Å². The van der Waals surface area contributed by atoms with Crippen LogP contribution in [0.3, 0.4) is 0 Å². The van der Waals surface area contributed by atoms with E-state index in [4.69, 9.17) is 9.05 Å². The molecule has 0 saturated carbocycles. The maximum absolute atomic E-state index is 11.8. The summed E-state index contributed by atoms with van der Waals surface area (Å²) in [5.41, 5.74) is 0. The molecular weight excluding hydrogens is 215 g/mol. The fraction of sp³-hybridized carbons (Fsp3) is 0.700. The summed E-state index contributed by atoms with van der Waals surface area (Å²) in [7, 11) is -3.04. The van der Waals surface area contributed by atoms with E-state index in [1.54, 1.807) is 19.9 Å². The quantitative estimate of drug-likeness (QED) is 0.349. The molecule has 15 heavy (non-hydrogen) atoms. The Labute approximate surface area is 91.2 Å². The van der Waals surface area contributed by atoms with Crippen molar-refractivity contribution in [2.75, 3.05) is 13.2 Å². The van der Waals surface area contributed by atoms with Gasteiger partial charge in [-0.3, -0.25) is 4.57 Å². The minimum absolute atomic E-state index is 0.357. The number of allylic oxidation sites excluding steroid dienone is 1. The number of carbonyl (C=O) groups excluding carboxylic acids is 1. The van der Waals surface area contributed by atoms with E-state index in [1.807, 2.05) is 0 Å². The predicted octanol–water partition coefficient (Wildman–Crippen LogP) is 3.14. The molecule has 0 N–H and O–H groups in total. The maximum Gasteiger partial charge on any atom is 0.353 e. The van der Waals surface area contributed by atoms with Gasteiger partial charge >= 0.3 is 7.60 Å². The average molecular weight is 234 g/mol. The summed E-state index contributed by atoms with van der Waals surface area (Å²) in [6.07, 6.45) is 4.62. The second-order valence-corrected chi connectivity index (χ2v) is 4.75. The lowest BCUT2D eigenvalue weighted by Crippen LogP contribution is -1.92. The molecule has 0 atom stereocenters. The zero-order valence-electron chi connectivity index (χ0n) is 9.35. The Morgan fingerprint density at radius 3 is 2.20 bits per heavy atom. The van der Waals surface area contributed by atoms with Gasteiger partial charge < -0.3 is 13.8 Å². The van der Waals surface area contributed by atoms with Crippen LogP contribution in [0.15, 0.2) is 11.9 Å². The van der Waals surface area contributed by atoms with Crippen molar-refractivity contribution in [2.45, 2.75) is 33.1 Å². The van der Waals surface area contributed by atoms with E-state index >= 15 is 0 Å². The first-order valence-electron chi connectivity index (χ1n) is 5.18. The van der Waals surface area contributed by atoms with Crippen LogP contribution in [0.5, 0.6) is 0 Å². The average Bonchev–Trinajstić information content (AvgIpc) is 2.18. The van der Waals surface area contributed by atoms with Crippen molar-refractivity contribution in [3.05, 3.63) is 11.9 Å². The zero-order chi connectivity index (χ0) is 11.6. The van der Waals surface area contributed by atoms with Crippen molar-refractivity contribution < 1.29 is 18.4 Å². The minimum atomic E-state index is -3.04. The highest BCUT2D eigenvalue weighted by atomic mass is 31.2. The Balaban J connectivity index is 4.03. The van der Waals surface area contributed by atoms with Crippen molar-refractivity contribution in [1.29, 1.82) is 0 Å². The molecule has 5 heteroatoms. The van der Waals surface area contributed by atoms with Gasteiger partial charge in [-0.05, 0) is 26.7 Å². The standard InChI is InChI=1S/C10H19O4P/c1-3-13-15(12,14-4-2)10-8-6-5-7-9-11/h8-10H,3-7H2,1-2H3/b10-8+. The Kier molecular flexibility index (Phi) is 8.58. The third-order valence-electron chi connectivity index (χ3n) is 1.60. The van der Waals surface area contributed by atoms with E-state index < -0.39 is 7.60 Å². The number of carbonyl (C=O) groups is 1. The highest BCUT2D eigenvalue weighted by molar-refractivity contribution is 7.57. The largest absolute Gasteiger partial charge is 0.353 e. The van der Waals surface area contributed by atoms with Gasteiger partial charge in [0.1, 0.15) is 6.29 Å². The SMILES string of the molecule is CCOP(=O)(/C=C/CCCC=O)OCC. The van der Waals surface area contributed by atoms with Gasteiger partial charge in [-0.2, -0.15) is 0 Å². The van der Waals surface area contributed by atoms with E-state index in [1.165, 1.54) is 5.82 Å². The fourth-order valence-electron chi connectivity index (χ4n) is 1.01. The van der Waals surface area contributed by atoms with E-state index in [0.29, 0.717) is 26.1 Å². The van der Waals surface area contributed by atoms with Crippen LogP contribution in [-0.2, 0) is 18.4 Å². The van der Waals surface area contributed by atoms with E-state index in [0.717, 1.165) is 12.7 Å². The molecule has 0 aliphatic carbocycles. The molecule has 0 rings (SSSR count). The van der Waals surface area contributed by atoms with E-state index in [-0.39, 0.29) is 0 Å². The normalized spacial score (nSPS) is 12.1. The molecule has 0 amide bonds. The van der Waals surface area contributed by atoms with Gasteiger partial charge in [0.05, 0.1) is 13.2 Å². The number of aldehydes is 1. The molecular formula is C10H19O4P. The highest BCUT2D eigenvalue weighted by Crippen LogP contribution is 2.49. The number of hydrogen-bond donors (Lipinski definition) is 0. The first-order valence-corrected chi connectivity index (χ1v) is 6.79. The number of unbranched alkanes of at least 4 members (excludes halogenated alkanes) is 2. The number of hydrogen-bond acceptors (Lipinski definition) is 4. The molecule has 0 aromatic heterocycles. The maximum atomic E-state index is 11.8. The molecule has 0 aliphatic rings. The van der Waals surface area contributed by atoms with Gasteiger partial charge in [0.25, 0.3) is 0 Å². The first kappa shape index (κ1) is 14.6. The predicted molar refractivity (Wildman–Crippen MR) is 59.9 cm³/mol. The van der Waals surface area contributed by atoms with Gasteiger partial charge in [-0.25, -0.2) is 0 Å². The molecule has 0 saturated heterocycles. The first-order chi connectivity index (χ1) is 7.18. The molecule has 0 bridgehead atoms. The lowest BCUT2D eigenvalue weighted by atomic mass is 10.2. The van der Waals surface area contributed by atoms with Crippen LogP contribution >= 0.6 is 7.60 Å². The van der Waals surface area contributed by atoms with Gasteiger partial charge in [0.2, 0.25) is 0 Å². The number of rotatable bonds is 9. The summed E-state index contributed by atoms with van der Waals surface area (Å²) in [6, 6.07) is 0. The molecule has 88 valence electrons. The highest BCUT2D eigenvalue weighted by Gasteiger charge is 2.18.